The molecule has 0 heterocycles. The molecule has 0 N–H and O–H groups in total. The number of rotatable bonds is 5. The largest absolute Gasteiger partial charge is 0.335 e. The lowest BCUT2D eigenvalue weighted by atomic mass is 10.0. The molecule has 0 unspecified atom stereocenters. The predicted octanol–water partition coefficient (Wildman–Crippen LogP) is 4.37. The number of hydrogen-bond donors (Lipinski definition) is 0. The lowest BCUT2D eigenvalue weighted by Gasteiger charge is -2.22. The van der Waals surface area contributed by atoms with Gasteiger partial charge >= 0.3 is 0 Å². The van der Waals surface area contributed by atoms with Gasteiger partial charge < -0.3 is 4.90 Å². The molecule has 2 heteroatoms. The minimum Gasteiger partial charge on any atom is -0.335 e. The third kappa shape index (κ3) is 2.92. The Kier molecular flexibility index (Phi) is 3.45. The van der Waals surface area contributed by atoms with E-state index in [0.29, 0.717) is 6.04 Å². The summed E-state index contributed by atoms with van der Waals surface area (Å²) in [6, 6.07) is 18.9. The summed E-state index contributed by atoms with van der Waals surface area (Å²) in [5, 5.41) is 0. The van der Waals surface area contributed by atoms with E-state index in [2.05, 4.69) is 29.2 Å². The molecule has 0 spiro atoms. The van der Waals surface area contributed by atoms with Crippen LogP contribution in [0.1, 0.15) is 36.0 Å². The molecule has 0 atom stereocenters. The number of hydrogen-bond acceptors (Lipinski definition) is 1. The number of benzene rings is 2. The highest BCUT2D eigenvalue weighted by molar-refractivity contribution is 5.95. The summed E-state index contributed by atoms with van der Waals surface area (Å²) in [6.07, 6.45) is 4.95. The molecule has 2 fully saturated rings. The fourth-order valence-corrected chi connectivity index (χ4v) is 2.96. The Balaban J connectivity index is 1.53. The summed E-state index contributed by atoms with van der Waals surface area (Å²) in [7, 11) is 0. The lowest BCUT2D eigenvalue weighted by molar-refractivity contribution is 0.0735. The first-order valence-electron chi connectivity index (χ1n) is 8.28. The molecular formula is C20H21NO. The molecule has 2 aromatic carbocycles. The van der Waals surface area contributed by atoms with Gasteiger partial charge in [-0.3, -0.25) is 4.79 Å². The van der Waals surface area contributed by atoms with E-state index in [0.717, 1.165) is 23.6 Å². The second kappa shape index (κ2) is 5.60. The van der Waals surface area contributed by atoms with Crippen LogP contribution in [-0.4, -0.2) is 23.4 Å². The van der Waals surface area contributed by atoms with Crippen LogP contribution in [0.25, 0.3) is 11.1 Å². The average molecular weight is 291 g/mol. The Labute approximate surface area is 131 Å². The van der Waals surface area contributed by atoms with Crippen molar-refractivity contribution >= 4 is 5.91 Å². The topological polar surface area (TPSA) is 20.3 Å². The van der Waals surface area contributed by atoms with Crippen LogP contribution >= 0.6 is 0 Å². The highest BCUT2D eigenvalue weighted by Gasteiger charge is 2.36. The van der Waals surface area contributed by atoms with E-state index in [1.54, 1.807) is 0 Å². The second-order valence-corrected chi connectivity index (χ2v) is 6.58. The predicted molar refractivity (Wildman–Crippen MR) is 88.7 cm³/mol. The van der Waals surface area contributed by atoms with Crippen LogP contribution in [0.5, 0.6) is 0 Å². The van der Waals surface area contributed by atoms with Crippen LogP contribution in [0.3, 0.4) is 0 Å². The highest BCUT2D eigenvalue weighted by Crippen LogP contribution is 2.35. The van der Waals surface area contributed by atoms with Gasteiger partial charge in [0.05, 0.1) is 0 Å². The van der Waals surface area contributed by atoms with E-state index in [-0.39, 0.29) is 5.91 Å². The third-order valence-electron chi connectivity index (χ3n) is 4.64. The second-order valence-electron chi connectivity index (χ2n) is 6.58. The first-order chi connectivity index (χ1) is 10.8. The normalized spacial score (nSPS) is 17.3. The van der Waals surface area contributed by atoms with Gasteiger partial charge in [0, 0.05) is 18.2 Å². The summed E-state index contributed by atoms with van der Waals surface area (Å²) in [5.41, 5.74) is 3.18. The van der Waals surface area contributed by atoms with E-state index in [9.17, 15) is 4.79 Å². The minimum absolute atomic E-state index is 0.217. The van der Waals surface area contributed by atoms with Crippen LogP contribution in [0.15, 0.2) is 54.6 Å². The van der Waals surface area contributed by atoms with Crippen LogP contribution in [0, 0.1) is 5.92 Å². The summed E-state index contributed by atoms with van der Waals surface area (Å²) in [4.78, 5) is 14.9. The van der Waals surface area contributed by atoms with E-state index < -0.39 is 0 Å². The Morgan fingerprint density at radius 2 is 1.50 bits per heavy atom. The highest BCUT2D eigenvalue weighted by atomic mass is 16.2. The molecule has 1 amide bonds. The Morgan fingerprint density at radius 1 is 0.864 bits per heavy atom. The van der Waals surface area contributed by atoms with Gasteiger partial charge in [-0.2, -0.15) is 0 Å². The average Bonchev–Trinajstić information content (AvgIpc) is 3.47. The Morgan fingerprint density at radius 3 is 2.09 bits per heavy atom. The SMILES string of the molecule is O=C(c1ccc(-c2ccccc2)cc1)N(CC1CC1)C1CC1. The summed E-state index contributed by atoms with van der Waals surface area (Å²) >= 11 is 0. The van der Waals surface area contributed by atoms with E-state index in [4.69, 9.17) is 0 Å². The van der Waals surface area contributed by atoms with Gasteiger partial charge in [0.15, 0.2) is 0 Å². The van der Waals surface area contributed by atoms with Gasteiger partial charge in [-0.1, -0.05) is 42.5 Å². The van der Waals surface area contributed by atoms with Crippen LogP contribution in [0.4, 0.5) is 0 Å². The molecule has 4 rings (SSSR count). The van der Waals surface area contributed by atoms with Gasteiger partial charge in [-0.15, -0.1) is 0 Å². The van der Waals surface area contributed by atoms with Gasteiger partial charge in [-0.05, 0) is 54.9 Å². The molecule has 0 saturated heterocycles. The fraction of sp³-hybridized carbons (Fsp3) is 0.350. The quantitative estimate of drug-likeness (QED) is 0.801. The van der Waals surface area contributed by atoms with Crippen molar-refractivity contribution in [2.24, 2.45) is 5.92 Å². The third-order valence-corrected chi connectivity index (χ3v) is 4.64. The van der Waals surface area contributed by atoms with E-state index in [1.165, 1.54) is 31.2 Å². The molecule has 0 radical (unpaired) electrons. The van der Waals surface area contributed by atoms with E-state index in [1.807, 2.05) is 30.3 Å². The summed E-state index contributed by atoms with van der Waals surface area (Å²) < 4.78 is 0. The van der Waals surface area contributed by atoms with Gasteiger partial charge in [0.2, 0.25) is 0 Å². The molecular weight excluding hydrogens is 270 g/mol. The maximum absolute atomic E-state index is 12.8. The van der Waals surface area contributed by atoms with Crippen molar-refractivity contribution in [1.82, 2.24) is 4.90 Å². The van der Waals surface area contributed by atoms with Gasteiger partial charge in [-0.25, -0.2) is 0 Å². The van der Waals surface area contributed by atoms with Crippen molar-refractivity contribution in [2.75, 3.05) is 6.54 Å². The monoisotopic (exact) mass is 291 g/mol. The van der Waals surface area contributed by atoms with Gasteiger partial charge in [0.1, 0.15) is 0 Å². The van der Waals surface area contributed by atoms with Crippen molar-refractivity contribution < 1.29 is 4.79 Å². The maximum atomic E-state index is 12.8. The zero-order chi connectivity index (χ0) is 14.9. The molecule has 2 aliphatic carbocycles. The number of carbonyl (C=O) groups is 1. The number of amides is 1. The number of nitrogens with zero attached hydrogens (tertiary/aromatic N) is 1. The number of carbonyl (C=O) groups excluding carboxylic acids is 1. The first-order valence-corrected chi connectivity index (χ1v) is 8.28. The lowest BCUT2D eigenvalue weighted by Crippen LogP contribution is -2.34. The summed E-state index contributed by atoms with van der Waals surface area (Å²) in [5.74, 6) is 0.974. The van der Waals surface area contributed by atoms with Crippen molar-refractivity contribution in [3.8, 4) is 11.1 Å². The van der Waals surface area contributed by atoms with Crippen LogP contribution in [-0.2, 0) is 0 Å². The molecule has 0 aliphatic heterocycles. The fourth-order valence-electron chi connectivity index (χ4n) is 2.96. The molecule has 2 aliphatic rings. The Hall–Kier alpha value is -2.09. The standard InChI is InChI=1S/C20H21NO/c22-20(21(19-12-13-19)14-15-6-7-15)18-10-8-17(9-11-18)16-4-2-1-3-5-16/h1-5,8-11,15,19H,6-7,12-14H2. The van der Waals surface area contributed by atoms with Gasteiger partial charge in [0.25, 0.3) is 5.91 Å². The van der Waals surface area contributed by atoms with Crippen LogP contribution < -0.4 is 0 Å². The van der Waals surface area contributed by atoms with Crippen molar-refractivity contribution in [3.05, 3.63) is 60.2 Å². The molecule has 0 bridgehead atoms. The smallest absolute Gasteiger partial charge is 0.254 e. The zero-order valence-electron chi connectivity index (χ0n) is 12.7. The first kappa shape index (κ1) is 13.6. The summed E-state index contributed by atoms with van der Waals surface area (Å²) in [6.45, 7) is 0.962. The van der Waals surface area contributed by atoms with E-state index >= 15 is 0 Å². The zero-order valence-corrected chi connectivity index (χ0v) is 12.7. The molecule has 22 heavy (non-hydrogen) atoms. The maximum Gasteiger partial charge on any atom is 0.254 e. The molecule has 2 aromatic rings. The molecule has 2 saturated carbocycles. The van der Waals surface area contributed by atoms with Crippen molar-refractivity contribution in [3.63, 3.8) is 0 Å². The molecule has 112 valence electrons. The molecule has 2 nitrogen and oxygen atoms in total. The van der Waals surface area contributed by atoms with Crippen molar-refractivity contribution in [1.29, 1.82) is 0 Å². The minimum atomic E-state index is 0.217. The molecule has 0 aromatic heterocycles. The van der Waals surface area contributed by atoms with Crippen molar-refractivity contribution in [2.45, 2.75) is 31.7 Å². The van der Waals surface area contributed by atoms with Crippen LogP contribution in [0.2, 0.25) is 0 Å². The Bertz CT molecular complexity index is 654.